The van der Waals surface area contributed by atoms with Crippen LogP contribution in [0.1, 0.15) is 36.6 Å². The van der Waals surface area contributed by atoms with E-state index < -0.39 is 11.9 Å². The molecule has 2 aromatic carbocycles. The van der Waals surface area contributed by atoms with Crippen LogP contribution in [0.25, 0.3) is 0 Å². The highest BCUT2D eigenvalue weighted by Crippen LogP contribution is 2.36. The van der Waals surface area contributed by atoms with Crippen LogP contribution in [0.5, 0.6) is 11.5 Å². The minimum atomic E-state index is -0.589. The molecule has 4 rings (SSSR count). The number of carbonyl (C=O) groups excluding carboxylic acids is 3. The third-order valence-corrected chi connectivity index (χ3v) is 5.13. The summed E-state index contributed by atoms with van der Waals surface area (Å²) >= 11 is 3.43. The Balaban J connectivity index is 1.51. The average molecular weight is 432 g/mol. The molecule has 2 aliphatic heterocycles. The number of nitrogens with zero attached hydrogens (tertiary/aromatic N) is 1. The summed E-state index contributed by atoms with van der Waals surface area (Å²) in [5.41, 5.74) is 1.42. The van der Waals surface area contributed by atoms with Crippen LogP contribution in [0.3, 0.4) is 0 Å². The van der Waals surface area contributed by atoms with Gasteiger partial charge in [0.05, 0.1) is 16.7 Å². The van der Waals surface area contributed by atoms with Crippen molar-refractivity contribution in [1.29, 1.82) is 0 Å². The van der Waals surface area contributed by atoms with E-state index in [4.69, 9.17) is 14.2 Å². The van der Waals surface area contributed by atoms with Crippen molar-refractivity contribution in [1.82, 2.24) is 4.90 Å². The number of esters is 1. The van der Waals surface area contributed by atoms with Gasteiger partial charge in [0.15, 0.2) is 11.5 Å². The van der Waals surface area contributed by atoms with E-state index in [1.807, 2.05) is 0 Å². The van der Waals surface area contributed by atoms with Gasteiger partial charge in [0, 0.05) is 17.1 Å². The van der Waals surface area contributed by atoms with Crippen LogP contribution in [0.4, 0.5) is 0 Å². The fourth-order valence-corrected chi connectivity index (χ4v) is 3.37. The molecule has 0 saturated carbocycles. The Bertz CT molecular complexity index is 986. The first-order valence-corrected chi connectivity index (χ1v) is 8.96. The monoisotopic (exact) mass is 431 g/mol. The first-order valence-electron chi connectivity index (χ1n) is 8.17. The number of rotatable bonds is 3. The second-order valence-electron chi connectivity index (χ2n) is 6.09. The van der Waals surface area contributed by atoms with Gasteiger partial charge in [0.25, 0.3) is 11.8 Å². The molecule has 0 N–H and O–H groups in total. The summed E-state index contributed by atoms with van der Waals surface area (Å²) in [5, 5.41) is 0. The summed E-state index contributed by atoms with van der Waals surface area (Å²) in [4.78, 5) is 37.4. The molecule has 2 amide bonds. The molecule has 0 aromatic heterocycles. The molecule has 0 bridgehead atoms. The van der Waals surface area contributed by atoms with E-state index in [-0.39, 0.29) is 29.2 Å². The average Bonchev–Trinajstić information content (AvgIpc) is 2.90. The Kier molecular flexibility index (Phi) is 4.35. The van der Waals surface area contributed by atoms with Crippen LogP contribution in [-0.2, 0) is 11.3 Å². The molecule has 2 aliphatic rings. The first-order chi connectivity index (χ1) is 13.0. The van der Waals surface area contributed by atoms with Crippen molar-refractivity contribution >= 4 is 33.7 Å². The zero-order valence-electron chi connectivity index (χ0n) is 14.3. The quantitative estimate of drug-likeness (QED) is 0.548. The van der Waals surface area contributed by atoms with E-state index in [0.29, 0.717) is 24.7 Å². The maximum Gasteiger partial charge on any atom is 0.338 e. The lowest BCUT2D eigenvalue weighted by atomic mass is 10.1. The van der Waals surface area contributed by atoms with Crippen LogP contribution >= 0.6 is 15.9 Å². The topological polar surface area (TPSA) is 82.1 Å². The van der Waals surface area contributed by atoms with Crippen molar-refractivity contribution < 1.29 is 28.6 Å². The van der Waals surface area contributed by atoms with Crippen LogP contribution in [0.15, 0.2) is 34.8 Å². The lowest BCUT2D eigenvalue weighted by molar-refractivity contribution is 0.0471. The van der Waals surface area contributed by atoms with Gasteiger partial charge in [0.1, 0.15) is 19.8 Å². The molecule has 8 heteroatoms. The van der Waals surface area contributed by atoms with Gasteiger partial charge in [-0.2, -0.15) is 0 Å². The Morgan fingerprint density at radius 3 is 2.48 bits per heavy atom. The fourth-order valence-electron chi connectivity index (χ4n) is 2.93. The van der Waals surface area contributed by atoms with Crippen LogP contribution in [0, 0.1) is 0 Å². The van der Waals surface area contributed by atoms with E-state index in [0.717, 1.165) is 14.9 Å². The summed E-state index contributed by atoms with van der Waals surface area (Å²) < 4.78 is 17.1. The molecule has 0 unspecified atom stereocenters. The molecule has 2 heterocycles. The third kappa shape index (κ3) is 3.06. The Morgan fingerprint density at radius 1 is 1.07 bits per heavy atom. The summed E-state index contributed by atoms with van der Waals surface area (Å²) in [7, 11) is 1.40. The van der Waals surface area contributed by atoms with Crippen molar-refractivity contribution in [3.8, 4) is 11.5 Å². The SMILES string of the molecule is CN1C(=O)c2ccc(C(=O)OCc3cc4c(cc3Br)OCCO4)cc2C1=O. The number of amides is 2. The number of benzene rings is 2. The van der Waals surface area contributed by atoms with Gasteiger partial charge in [-0.05, 0) is 30.3 Å². The molecule has 0 fully saturated rings. The number of carbonyl (C=O) groups is 3. The predicted molar refractivity (Wildman–Crippen MR) is 97.1 cm³/mol. The molecule has 0 spiro atoms. The molecule has 138 valence electrons. The van der Waals surface area contributed by atoms with Crippen molar-refractivity contribution in [3.63, 3.8) is 0 Å². The highest BCUT2D eigenvalue weighted by Gasteiger charge is 2.33. The second-order valence-corrected chi connectivity index (χ2v) is 6.95. The largest absolute Gasteiger partial charge is 0.486 e. The summed E-state index contributed by atoms with van der Waals surface area (Å²) in [6.07, 6.45) is 0. The molecule has 27 heavy (non-hydrogen) atoms. The van der Waals surface area contributed by atoms with E-state index in [9.17, 15) is 14.4 Å². The van der Waals surface area contributed by atoms with Gasteiger partial charge in [-0.1, -0.05) is 15.9 Å². The zero-order chi connectivity index (χ0) is 19.1. The van der Waals surface area contributed by atoms with E-state index >= 15 is 0 Å². The smallest absolute Gasteiger partial charge is 0.338 e. The molecular weight excluding hydrogens is 418 g/mol. The minimum Gasteiger partial charge on any atom is -0.486 e. The normalized spacial score (nSPS) is 15.0. The second kappa shape index (κ2) is 6.70. The number of hydrogen-bond acceptors (Lipinski definition) is 6. The highest BCUT2D eigenvalue weighted by molar-refractivity contribution is 9.10. The standard InChI is InChI=1S/C19H14BrNO6/c1-21-17(22)12-3-2-10(6-13(12)18(21)23)19(24)27-9-11-7-15-16(8-14(11)20)26-5-4-25-15/h2-3,6-8H,4-5,9H2,1H3. The zero-order valence-corrected chi connectivity index (χ0v) is 15.9. The molecule has 0 atom stereocenters. The number of fused-ring (bicyclic) bond motifs is 2. The fraction of sp³-hybridized carbons (Fsp3) is 0.211. The maximum atomic E-state index is 12.4. The van der Waals surface area contributed by atoms with Gasteiger partial charge in [-0.15, -0.1) is 0 Å². The third-order valence-electron chi connectivity index (χ3n) is 4.40. The van der Waals surface area contributed by atoms with Gasteiger partial charge < -0.3 is 14.2 Å². The van der Waals surface area contributed by atoms with Crippen molar-refractivity contribution in [2.45, 2.75) is 6.61 Å². The summed E-state index contributed by atoms with van der Waals surface area (Å²) in [5.74, 6) is -0.168. The summed E-state index contributed by atoms with van der Waals surface area (Å²) in [6, 6.07) is 7.86. The van der Waals surface area contributed by atoms with Gasteiger partial charge >= 0.3 is 5.97 Å². The predicted octanol–water partition coefficient (Wildman–Crippen LogP) is 2.80. The van der Waals surface area contributed by atoms with Crippen LogP contribution in [0.2, 0.25) is 0 Å². The number of hydrogen-bond donors (Lipinski definition) is 0. The van der Waals surface area contributed by atoms with Crippen LogP contribution < -0.4 is 9.47 Å². The maximum absolute atomic E-state index is 12.4. The highest BCUT2D eigenvalue weighted by atomic mass is 79.9. The van der Waals surface area contributed by atoms with Gasteiger partial charge in [-0.25, -0.2) is 4.79 Å². The van der Waals surface area contributed by atoms with Gasteiger partial charge in [0.2, 0.25) is 0 Å². The molecule has 0 aliphatic carbocycles. The minimum absolute atomic E-state index is 0.0138. The lowest BCUT2D eigenvalue weighted by Crippen LogP contribution is -2.24. The van der Waals surface area contributed by atoms with Crippen molar-refractivity contribution in [3.05, 3.63) is 57.1 Å². The number of halogens is 1. The molecule has 0 saturated heterocycles. The molecule has 0 radical (unpaired) electrons. The molecule has 2 aromatic rings. The molecule has 7 nitrogen and oxygen atoms in total. The van der Waals surface area contributed by atoms with Crippen LogP contribution in [-0.4, -0.2) is 42.9 Å². The van der Waals surface area contributed by atoms with E-state index in [1.54, 1.807) is 12.1 Å². The van der Waals surface area contributed by atoms with Gasteiger partial charge in [-0.3, -0.25) is 14.5 Å². The van der Waals surface area contributed by atoms with E-state index in [1.165, 1.54) is 25.2 Å². The summed E-state index contributed by atoms with van der Waals surface area (Å²) in [6.45, 7) is 0.965. The first kappa shape index (κ1) is 17.5. The van der Waals surface area contributed by atoms with Crippen molar-refractivity contribution in [2.24, 2.45) is 0 Å². The van der Waals surface area contributed by atoms with Crippen molar-refractivity contribution in [2.75, 3.05) is 20.3 Å². The molecular formula is C19H14BrNO6. The Labute approximate surface area is 162 Å². The Morgan fingerprint density at radius 2 is 1.74 bits per heavy atom. The number of imide groups is 1. The Hall–Kier alpha value is -2.87. The lowest BCUT2D eigenvalue weighted by Gasteiger charge is -2.19. The number of ether oxygens (including phenoxy) is 3. The van der Waals surface area contributed by atoms with E-state index in [2.05, 4.69) is 15.9 Å².